The molecule has 2 aliphatic carbocycles. The number of benzene rings is 3. The van der Waals surface area contributed by atoms with Gasteiger partial charge in [0.2, 0.25) is 0 Å². The SMILES string of the molecule is O=C(OCCOc1c2ccccc2cc2ccccc12)C1CC2C=CC1C2. The van der Waals surface area contributed by atoms with E-state index in [0.29, 0.717) is 18.4 Å². The molecule has 0 spiro atoms. The predicted octanol–water partition coefficient (Wildman–Crippen LogP) is 5.13. The van der Waals surface area contributed by atoms with Crippen molar-refractivity contribution >= 4 is 27.5 Å². The number of allylic oxidation sites excluding steroid dienone is 2. The van der Waals surface area contributed by atoms with Crippen molar-refractivity contribution in [2.45, 2.75) is 12.8 Å². The highest BCUT2D eigenvalue weighted by molar-refractivity contribution is 6.05. The van der Waals surface area contributed by atoms with E-state index in [-0.39, 0.29) is 18.5 Å². The molecule has 0 heterocycles. The van der Waals surface area contributed by atoms with Gasteiger partial charge in [0.1, 0.15) is 19.0 Å². The van der Waals surface area contributed by atoms with Gasteiger partial charge in [-0.1, -0.05) is 60.7 Å². The minimum absolute atomic E-state index is 0.0402. The van der Waals surface area contributed by atoms with Crippen LogP contribution in [-0.2, 0) is 9.53 Å². The van der Waals surface area contributed by atoms with Crippen LogP contribution < -0.4 is 4.74 Å². The summed E-state index contributed by atoms with van der Waals surface area (Å²) in [7, 11) is 0. The predicted molar refractivity (Wildman–Crippen MR) is 107 cm³/mol. The molecule has 136 valence electrons. The summed E-state index contributed by atoms with van der Waals surface area (Å²) in [4.78, 5) is 12.4. The number of carbonyl (C=O) groups excluding carboxylic acids is 1. The first-order valence-corrected chi connectivity index (χ1v) is 9.68. The van der Waals surface area contributed by atoms with Gasteiger partial charge in [-0.15, -0.1) is 0 Å². The number of hydrogen-bond donors (Lipinski definition) is 0. The lowest BCUT2D eigenvalue weighted by atomic mass is 9.94. The second-order valence-electron chi connectivity index (χ2n) is 7.55. The van der Waals surface area contributed by atoms with Crippen molar-refractivity contribution in [3.63, 3.8) is 0 Å². The minimum Gasteiger partial charge on any atom is -0.489 e. The standard InChI is InChI=1S/C24H22O3/c25-24(22-14-16-9-10-19(22)13-16)27-12-11-26-23-20-7-3-1-5-17(20)15-18-6-2-4-8-21(18)23/h1-10,15-16,19,22H,11-14H2. The molecule has 27 heavy (non-hydrogen) atoms. The van der Waals surface area contributed by atoms with Crippen LogP contribution in [0.25, 0.3) is 21.5 Å². The zero-order valence-corrected chi connectivity index (χ0v) is 15.1. The van der Waals surface area contributed by atoms with E-state index >= 15 is 0 Å². The van der Waals surface area contributed by atoms with Crippen LogP contribution in [0.1, 0.15) is 12.8 Å². The molecule has 5 rings (SSSR count). The molecule has 0 amide bonds. The third kappa shape index (κ3) is 2.97. The lowest BCUT2D eigenvalue weighted by Crippen LogP contribution is -2.23. The lowest BCUT2D eigenvalue weighted by molar-refractivity contribution is -0.150. The molecular weight excluding hydrogens is 336 g/mol. The van der Waals surface area contributed by atoms with Crippen molar-refractivity contribution in [1.82, 2.24) is 0 Å². The highest BCUT2D eigenvalue weighted by atomic mass is 16.6. The fourth-order valence-corrected chi connectivity index (χ4v) is 4.57. The lowest BCUT2D eigenvalue weighted by Gasteiger charge is -2.17. The van der Waals surface area contributed by atoms with Crippen LogP contribution in [0.5, 0.6) is 5.75 Å². The molecule has 3 unspecified atom stereocenters. The van der Waals surface area contributed by atoms with Gasteiger partial charge in [-0.2, -0.15) is 0 Å². The summed E-state index contributed by atoms with van der Waals surface area (Å²) >= 11 is 0. The van der Waals surface area contributed by atoms with E-state index in [9.17, 15) is 4.79 Å². The highest BCUT2D eigenvalue weighted by Crippen LogP contribution is 2.43. The maximum absolute atomic E-state index is 12.4. The van der Waals surface area contributed by atoms with Gasteiger partial charge in [-0.05, 0) is 41.5 Å². The maximum Gasteiger partial charge on any atom is 0.309 e. The molecule has 0 aromatic heterocycles. The second kappa shape index (κ2) is 6.73. The van der Waals surface area contributed by atoms with Gasteiger partial charge in [-0.25, -0.2) is 0 Å². The first-order chi connectivity index (χ1) is 13.3. The fourth-order valence-electron chi connectivity index (χ4n) is 4.57. The quantitative estimate of drug-likeness (QED) is 0.275. The van der Waals surface area contributed by atoms with Crippen LogP contribution in [0.3, 0.4) is 0 Å². The Morgan fingerprint density at radius 1 is 0.889 bits per heavy atom. The Labute approximate surface area is 158 Å². The molecular formula is C24H22O3. The summed E-state index contributed by atoms with van der Waals surface area (Å²) < 4.78 is 11.6. The first-order valence-electron chi connectivity index (χ1n) is 9.68. The number of fused-ring (bicyclic) bond motifs is 4. The van der Waals surface area contributed by atoms with Crippen LogP contribution in [0.4, 0.5) is 0 Å². The van der Waals surface area contributed by atoms with E-state index in [1.54, 1.807) is 0 Å². The third-order valence-corrected chi connectivity index (χ3v) is 5.88. The average molecular weight is 358 g/mol. The molecule has 3 atom stereocenters. The number of ether oxygens (including phenoxy) is 2. The van der Waals surface area contributed by atoms with E-state index in [4.69, 9.17) is 9.47 Å². The molecule has 1 saturated carbocycles. The Morgan fingerprint density at radius 2 is 1.59 bits per heavy atom. The average Bonchev–Trinajstić information content (AvgIpc) is 3.34. The maximum atomic E-state index is 12.4. The largest absolute Gasteiger partial charge is 0.489 e. The summed E-state index contributed by atoms with van der Waals surface area (Å²) in [6.45, 7) is 0.647. The van der Waals surface area contributed by atoms with Gasteiger partial charge in [-0.3, -0.25) is 4.79 Å². The van der Waals surface area contributed by atoms with Crippen molar-refractivity contribution < 1.29 is 14.3 Å². The molecule has 3 aromatic carbocycles. The summed E-state index contributed by atoms with van der Waals surface area (Å²) in [5.74, 6) is 1.79. The van der Waals surface area contributed by atoms with Gasteiger partial charge in [0.25, 0.3) is 0 Å². The molecule has 3 heteroatoms. The Balaban J connectivity index is 1.30. The number of esters is 1. The van der Waals surface area contributed by atoms with Crippen molar-refractivity contribution in [1.29, 1.82) is 0 Å². The molecule has 3 aromatic rings. The van der Waals surface area contributed by atoms with Crippen molar-refractivity contribution in [2.24, 2.45) is 17.8 Å². The van der Waals surface area contributed by atoms with Gasteiger partial charge in [0, 0.05) is 10.8 Å². The van der Waals surface area contributed by atoms with Gasteiger partial charge < -0.3 is 9.47 Å². The smallest absolute Gasteiger partial charge is 0.309 e. The Hall–Kier alpha value is -2.81. The summed E-state index contributed by atoms with van der Waals surface area (Å²) in [6.07, 6.45) is 6.47. The summed E-state index contributed by atoms with van der Waals surface area (Å²) in [5, 5.41) is 4.47. The zero-order valence-electron chi connectivity index (χ0n) is 15.1. The molecule has 2 bridgehead atoms. The summed E-state index contributed by atoms with van der Waals surface area (Å²) in [5.41, 5.74) is 0. The van der Waals surface area contributed by atoms with Crippen LogP contribution in [-0.4, -0.2) is 19.2 Å². The third-order valence-electron chi connectivity index (χ3n) is 5.88. The monoisotopic (exact) mass is 358 g/mol. The second-order valence-corrected chi connectivity index (χ2v) is 7.55. The Kier molecular flexibility index (Phi) is 4.08. The fraction of sp³-hybridized carbons (Fsp3) is 0.292. The molecule has 0 saturated heterocycles. The molecule has 3 nitrogen and oxygen atoms in total. The van der Waals surface area contributed by atoms with Gasteiger partial charge >= 0.3 is 5.97 Å². The number of rotatable bonds is 5. The minimum atomic E-state index is -0.0711. The van der Waals surface area contributed by atoms with Gasteiger partial charge in [0.15, 0.2) is 0 Å². The van der Waals surface area contributed by atoms with Crippen molar-refractivity contribution in [3.05, 3.63) is 66.7 Å². The van der Waals surface area contributed by atoms with Crippen LogP contribution in [0, 0.1) is 17.8 Å². The van der Waals surface area contributed by atoms with Crippen molar-refractivity contribution in [3.8, 4) is 5.75 Å². The van der Waals surface area contributed by atoms with Crippen LogP contribution >= 0.6 is 0 Å². The van der Waals surface area contributed by atoms with E-state index in [2.05, 4.69) is 42.5 Å². The first kappa shape index (κ1) is 16.4. The number of hydrogen-bond acceptors (Lipinski definition) is 3. The van der Waals surface area contributed by atoms with E-state index in [1.165, 1.54) is 0 Å². The van der Waals surface area contributed by atoms with Crippen molar-refractivity contribution in [2.75, 3.05) is 13.2 Å². The van der Waals surface area contributed by atoms with E-state index in [0.717, 1.165) is 40.1 Å². The zero-order chi connectivity index (χ0) is 18.2. The highest BCUT2D eigenvalue weighted by Gasteiger charge is 2.40. The van der Waals surface area contributed by atoms with Gasteiger partial charge in [0.05, 0.1) is 5.92 Å². The van der Waals surface area contributed by atoms with Crippen LogP contribution in [0.15, 0.2) is 66.7 Å². The Morgan fingerprint density at radius 3 is 2.22 bits per heavy atom. The Bertz CT molecular complexity index is 982. The van der Waals surface area contributed by atoms with Crippen LogP contribution in [0.2, 0.25) is 0 Å². The molecule has 2 aliphatic rings. The molecule has 0 aliphatic heterocycles. The topological polar surface area (TPSA) is 35.5 Å². The molecule has 0 radical (unpaired) electrons. The summed E-state index contributed by atoms with van der Waals surface area (Å²) in [6, 6.07) is 18.6. The van der Waals surface area contributed by atoms with E-state index in [1.807, 2.05) is 24.3 Å². The molecule has 0 N–H and O–H groups in total. The molecule has 1 fully saturated rings. The normalized spacial score (nSPS) is 23.2. The number of carbonyl (C=O) groups is 1. The van der Waals surface area contributed by atoms with E-state index < -0.39 is 0 Å².